The first-order valence-corrected chi connectivity index (χ1v) is 9.95. The molecule has 4 rings (SSSR count). The largest absolute Gasteiger partial charge is 0.330 e. The minimum Gasteiger partial charge on any atom is -0.322 e. The van der Waals surface area contributed by atoms with Crippen LogP contribution in [-0.2, 0) is 33.2 Å². The monoisotopic (exact) mass is 464 g/mol. The molecule has 0 spiro atoms. The van der Waals surface area contributed by atoms with E-state index in [4.69, 9.17) is 17.1 Å². The van der Waals surface area contributed by atoms with Crippen molar-refractivity contribution in [3.8, 4) is 0 Å². The lowest BCUT2D eigenvalue weighted by atomic mass is 9.97. The number of piperidine rings is 1. The highest BCUT2D eigenvalue weighted by Crippen LogP contribution is 2.32. The molecule has 0 saturated carbocycles. The summed E-state index contributed by atoms with van der Waals surface area (Å²) in [5.74, 6) is -8.40. The number of imide groups is 1. The van der Waals surface area contributed by atoms with Gasteiger partial charge in [-0.1, -0.05) is 35.9 Å². The lowest BCUT2D eigenvalue weighted by molar-refractivity contribution is -0.144. The lowest BCUT2D eigenvalue weighted by Gasteiger charge is -2.29. The minimum absolute atomic E-state index is 0.0839. The van der Waals surface area contributed by atoms with Gasteiger partial charge < -0.3 is 4.90 Å². The number of Topliss-reactive ketones (excluding diaryl/α,β-unsaturated/α-hetero) is 1. The highest BCUT2D eigenvalue weighted by Gasteiger charge is 2.41. The molecular formula is C23H19ClF2N2O4. The van der Waals surface area contributed by atoms with Gasteiger partial charge in [-0.3, -0.25) is 24.5 Å². The maximum atomic E-state index is 14.6. The Morgan fingerprint density at radius 1 is 1.25 bits per heavy atom. The number of hydrogen-bond donors (Lipinski definition) is 1. The summed E-state index contributed by atoms with van der Waals surface area (Å²) in [5.41, 5.74) is -0.0189. The van der Waals surface area contributed by atoms with Crippen molar-refractivity contribution in [2.45, 2.75) is 44.1 Å². The van der Waals surface area contributed by atoms with Gasteiger partial charge in [-0.25, -0.2) is 0 Å². The molecule has 2 atom stereocenters. The molecular weight excluding hydrogens is 442 g/mol. The zero-order valence-corrected chi connectivity index (χ0v) is 17.2. The SMILES string of the molecule is [2H]C(CC(=O)C(F)(F)c1ccc(Cl)cc1)c1ccc2c(c1)CN([C@]1([2H])CC([2H])([2H])C(=O)NC1=O)C2=O. The van der Waals surface area contributed by atoms with Gasteiger partial charge in [-0.05, 0) is 42.1 Å². The molecule has 0 radical (unpaired) electrons. The van der Waals surface area contributed by atoms with Crippen LogP contribution in [0.4, 0.5) is 8.78 Å². The Bertz CT molecular complexity index is 1290. The molecule has 2 aromatic rings. The number of nitrogens with zero attached hydrogens (tertiary/aromatic N) is 1. The number of alkyl halides is 2. The van der Waals surface area contributed by atoms with E-state index in [0.717, 1.165) is 17.0 Å². The first-order chi connectivity index (χ1) is 16.7. The molecule has 2 heterocycles. The van der Waals surface area contributed by atoms with Crippen molar-refractivity contribution < 1.29 is 33.4 Å². The summed E-state index contributed by atoms with van der Waals surface area (Å²) in [7, 11) is 0. The van der Waals surface area contributed by atoms with Crippen molar-refractivity contribution in [2.24, 2.45) is 0 Å². The van der Waals surface area contributed by atoms with E-state index >= 15 is 0 Å². The number of halogens is 3. The van der Waals surface area contributed by atoms with Crippen LogP contribution in [0.15, 0.2) is 42.5 Å². The number of aryl methyl sites for hydroxylation is 1. The Balaban J connectivity index is 1.53. The van der Waals surface area contributed by atoms with E-state index in [1.807, 2.05) is 0 Å². The summed E-state index contributed by atoms with van der Waals surface area (Å²) in [6.07, 6.45) is -5.64. The fraction of sp³-hybridized carbons (Fsp3) is 0.304. The standard InChI is InChI=1S/C23H19ClF2N2O4/c24-16-5-3-15(4-6-16)23(25,26)19(29)9-2-13-1-7-17-14(11-13)12-28(22(17)32)18-8-10-20(30)27-21(18)31/h1,3-7,11,18H,2,8-10,12H2,(H,27,30,31)/t18-/m1/s1/i2D,10D2,18D/t2?,18-. The first kappa shape index (κ1) is 17.4. The molecule has 1 unspecified atom stereocenters. The van der Waals surface area contributed by atoms with Crippen LogP contribution in [0, 0.1) is 0 Å². The second-order valence-corrected chi connectivity index (χ2v) is 7.74. The van der Waals surface area contributed by atoms with Gasteiger partial charge in [0.1, 0.15) is 6.02 Å². The first-order valence-electron chi connectivity index (χ1n) is 11.6. The van der Waals surface area contributed by atoms with E-state index in [-0.39, 0.29) is 28.3 Å². The zero-order valence-electron chi connectivity index (χ0n) is 20.5. The predicted octanol–water partition coefficient (Wildman–Crippen LogP) is 3.39. The Kier molecular flexibility index (Phi) is 4.59. The summed E-state index contributed by atoms with van der Waals surface area (Å²) in [6, 6.07) is 6.12. The number of carbonyl (C=O) groups excluding carboxylic acids is 4. The highest BCUT2D eigenvalue weighted by molar-refractivity contribution is 6.30. The Morgan fingerprint density at radius 2 is 1.97 bits per heavy atom. The average molecular weight is 465 g/mol. The molecule has 1 saturated heterocycles. The number of ketones is 1. The molecule has 2 aliphatic heterocycles. The van der Waals surface area contributed by atoms with Crippen LogP contribution < -0.4 is 5.32 Å². The predicted molar refractivity (Wildman–Crippen MR) is 111 cm³/mol. The average Bonchev–Trinajstić information content (AvgIpc) is 3.14. The van der Waals surface area contributed by atoms with E-state index in [1.165, 1.54) is 30.3 Å². The van der Waals surface area contributed by atoms with Crippen molar-refractivity contribution in [2.75, 3.05) is 0 Å². The van der Waals surface area contributed by atoms with Crippen molar-refractivity contribution in [1.82, 2.24) is 10.2 Å². The van der Waals surface area contributed by atoms with Crippen molar-refractivity contribution in [3.63, 3.8) is 0 Å². The van der Waals surface area contributed by atoms with E-state index in [2.05, 4.69) is 0 Å². The van der Waals surface area contributed by atoms with E-state index in [9.17, 15) is 28.0 Å². The maximum absolute atomic E-state index is 14.6. The van der Waals surface area contributed by atoms with Crippen LogP contribution in [-0.4, -0.2) is 34.4 Å². The minimum atomic E-state index is -3.84. The number of fused-ring (bicyclic) bond motifs is 1. The molecule has 166 valence electrons. The smallest absolute Gasteiger partial charge is 0.322 e. The van der Waals surface area contributed by atoms with Gasteiger partial charge in [-0.2, -0.15) is 8.78 Å². The van der Waals surface area contributed by atoms with Crippen LogP contribution in [0.2, 0.25) is 5.02 Å². The molecule has 9 heteroatoms. The summed E-state index contributed by atoms with van der Waals surface area (Å²) >= 11 is 5.70. The second-order valence-electron chi connectivity index (χ2n) is 7.30. The number of amides is 3. The van der Waals surface area contributed by atoms with Crippen LogP contribution in [0.25, 0.3) is 0 Å². The third kappa shape index (κ3) is 4.14. The van der Waals surface area contributed by atoms with Crippen molar-refractivity contribution in [3.05, 3.63) is 69.7 Å². The van der Waals surface area contributed by atoms with E-state index < -0.39 is 66.6 Å². The molecule has 0 aromatic heterocycles. The van der Waals surface area contributed by atoms with Crippen LogP contribution in [0.1, 0.15) is 51.7 Å². The molecule has 0 bridgehead atoms. The normalized spacial score (nSPS) is 25.2. The van der Waals surface area contributed by atoms with Gasteiger partial charge >= 0.3 is 5.92 Å². The molecule has 6 nitrogen and oxygen atoms in total. The third-order valence-electron chi connectivity index (χ3n) is 5.24. The Hall–Kier alpha value is -3.13. The van der Waals surface area contributed by atoms with Gasteiger partial charge in [0.15, 0.2) is 0 Å². The Morgan fingerprint density at radius 3 is 2.69 bits per heavy atom. The van der Waals surface area contributed by atoms with Gasteiger partial charge in [0.25, 0.3) is 5.91 Å². The van der Waals surface area contributed by atoms with Gasteiger partial charge in [0.2, 0.25) is 17.6 Å². The molecule has 2 aromatic carbocycles. The maximum Gasteiger partial charge on any atom is 0.330 e. The summed E-state index contributed by atoms with van der Waals surface area (Å²) in [4.78, 5) is 50.2. The number of carbonyl (C=O) groups is 4. The summed E-state index contributed by atoms with van der Waals surface area (Å²) < 4.78 is 61.5. The molecule has 3 amide bonds. The number of nitrogens with one attached hydrogen (secondary N) is 1. The quantitative estimate of drug-likeness (QED) is 0.664. The van der Waals surface area contributed by atoms with Gasteiger partial charge in [-0.15, -0.1) is 0 Å². The van der Waals surface area contributed by atoms with E-state index in [0.29, 0.717) is 0 Å². The number of hydrogen-bond acceptors (Lipinski definition) is 4. The number of benzene rings is 2. The van der Waals surface area contributed by atoms with Gasteiger partial charge in [0.05, 0.1) is 1.37 Å². The fourth-order valence-corrected chi connectivity index (χ4v) is 3.65. The molecule has 32 heavy (non-hydrogen) atoms. The molecule has 1 fully saturated rings. The molecule has 0 aliphatic carbocycles. The third-order valence-corrected chi connectivity index (χ3v) is 5.50. The number of rotatable bonds is 6. The van der Waals surface area contributed by atoms with Crippen LogP contribution in [0.5, 0.6) is 0 Å². The van der Waals surface area contributed by atoms with Crippen molar-refractivity contribution in [1.29, 1.82) is 0 Å². The fourth-order valence-electron chi connectivity index (χ4n) is 3.53. The topological polar surface area (TPSA) is 83.6 Å². The molecule has 1 N–H and O–H groups in total. The second kappa shape index (κ2) is 8.43. The van der Waals surface area contributed by atoms with Gasteiger partial charge in [0, 0.05) is 39.6 Å². The van der Waals surface area contributed by atoms with Crippen LogP contribution >= 0.6 is 11.6 Å². The lowest BCUT2D eigenvalue weighted by Crippen LogP contribution is -2.52. The van der Waals surface area contributed by atoms with E-state index in [1.54, 1.807) is 5.32 Å². The highest BCUT2D eigenvalue weighted by atomic mass is 35.5. The van der Waals surface area contributed by atoms with Crippen molar-refractivity contribution >= 4 is 35.1 Å². The van der Waals surface area contributed by atoms with Crippen LogP contribution in [0.3, 0.4) is 0 Å². The Labute approximate surface area is 193 Å². The summed E-state index contributed by atoms with van der Waals surface area (Å²) in [5, 5.41) is 2.01. The summed E-state index contributed by atoms with van der Waals surface area (Å²) in [6.45, 7) is -0.301. The molecule has 2 aliphatic rings. The zero-order chi connectivity index (χ0) is 26.6.